The minimum Gasteiger partial charge on any atom is -0.515 e. The molecule has 1 saturated heterocycles. The van der Waals surface area contributed by atoms with Crippen LogP contribution in [-0.4, -0.2) is 69.2 Å². The van der Waals surface area contributed by atoms with Gasteiger partial charge in [0.05, 0.1) is 5.03 Å². The second kappa shape index (κ2) is 12.6. The minimum absolute atomic E-state index is 0.0224. The van der Waals surface area contributed by atoms with Crippen molar-refractivity contribution < 1.29 is 18.8 Å². The van der Waals surface area contributed by atoms with Gasteiger partial charge >= 0.3 is 5.97 Å². The Labute approximate surface area is 284 Å². The van der Waals surface area contributed by atoms with Gasteiger partial charge in [-0.3, -0.25) is 14.5 Å². The fraction of sp³-hybridized carbons (Fsp3) is 0.667. The van der Waals surface area contributed by atoms with Gasteiger partial charge in [0.2, 0.25) is 5.91 Å². The molecule has 0 saturated carbocycles. The molecule has 3 atom stereocenters. The number of carbonyl (C=O) groups is 3. The molecule has 2 heterocycles. The summed E-state index contributed by atoms with van der Waals surface area (Å²) in [7, 11) is -7.32. The maximum absolute atomic E-state index is 15.2. The van der Waals surface area contributed by atoms with Crippen LogP contribution in [0.1, 0.15) is 73.9 Å². The Morgan fingerprint density at radius 1 is 0.933 bits per heavy atom. The summed E-state index contributed by atoms with van der Waals surface area (Å²) in [6, 6.07) is 8.53. The van der Waals surface area contributed by atoms with Crippen molar-refractivity contribution in [3.63, 3.8) is 0 Å². The molecule has 2 amide bonds. The maximum Gasteiger partial charge on any atom is 0.343 e. The van der Waals surface area contributed by atoms with Crippen LogP contribution in [0.15, 0.2) is 41.1 Å². The highest BCUT2D eigenvalue weighted by atomic mass is 35.5. The van der Waals surface area contributed by atoms with Gasteiger partial charge in [-0.1, -0.05) is 130 Å². The third-order valence-corrected chi connectivity index (χ3v) is 27.1. The van der Waals surface area contributed by atoms with Crippen molar-refractivity contribution in [2.45, 2.75) is 134 Å². The van der Waals surface area contributed by atoms with Gasteiger partial charge in [0.25, 0.3) is 14.2 Å². The van der Waals surface area contributed by atoms with Crippen LogP contribution >= 0.6 is 23.4 Å². The molecule has 3 rings (SSSR count). The van der Waals surface area contributed by atoms with Gasteiger partial charge in [-0.25, -0.2) is 4.79 Å². The fourth-order valence-corrected chi connectivity index (χ4v) is 11.2. The Balaban J connectivity index is 2.12. The molecule has 2 aliphatic heterocycles. The molecule has 7 nitrogen and oxygen atoms in total. The van der Waals surface area contributed by atoms with E-state index in [0.29, 0.717) is 10.8 Å². The Morgan fingerprint density at radius 2 is 1.47 bits per heavy atom. The Bertz CT molecular complexity index is 1350. The van der Waals surface area contributed by atoms with E-state index in [4.69, 9.17) is 16.0 Å². The number of thioether (sulfide) groups is 1. The third kappa shape index (κ3) is 7.23. The number of rotatable bonds is 8. The summed E-state index contributed by atoms with van der Waals surface area (Å²) < 4.78 is 8.09. The number of benzene rings is 1. The van der Waals surface area contributed by atoms with E-state index in [-0.39, 0.29) is 32.6 Å². The van der Waals surface area contributed by atoms with Crippen LogP contribution in [0.25, 0.3) is 0 Å². The zero-order valence-corrected chi connectivity index (χ0v) is 34.7. The molecule has 0 aliphatic carbocycles. The molecule has 3 unspecified atom stereocenters. The number of hydrogen-bond acceptors (Lipinski definition) is 6. The highest BCUT2D eigenvalue weighted by Gasteiger charge is 2.62. The van der Waals surface area contributed by atoms with Gasteiger partial charge < -0.3 is 14.0 Å². The molecule has 0 aromatic heterocycles. The average Bonchev–Trinajstić information content (AvgIpc) is 2.87. The van der Waals surface area contributed by atoms with Crippen molar-refractivity contribution in [1.82, 2.24) is 14.4 Å². The molecule has 0 spiro atoms. The molecule has 1 aromatic carbocycles. The molecular weight excluding hydrogens is 654 g/mol. The molecule has 1 N–H and O–H groups in total. The van der Waals surface area contributed by atoms with Gasteiger partial charge in [0.1, 0.15) is 31.4 Å². The van der Waals surface area contributed by atoms with Crippen LogP contribution < -0.4 is 4.98 Å². The van der Waals surface area contributed by atoms with E-state index in [9.17, 15) is 9.59 Å². The second-order valence-electron chi connectivity index (χ2n) is 17.1. The molecule has 2 aliphatic rings. The Morgan fingerprint density at radius 3 is 1.93 bits per heavy atom. The van der Waals surface area contributed by atoms with Gasteiger partial charge in [-0.2, -0.15) is 0 Å². The van der Waals surface area contributed by atoms with Crippen molar-refractivity contribution in [2.75, 3.05) is 5.75 Å². The highest BCUT2D eigenvalue weighted by Crippen LogP contribution is 2.50. The van der Waals surface area contributed by atoms with E-state index in [1.165, 1.54) is 16.7 Å². The standard InChI is InChI=1S/C33H56ClN3O4SSi3/c1-31(2,3)43(10,11)35-24(22-19-17-16-18-20-22)27(38)37(44(12,13)32(4,5)6)26-28(39)36-25(23(34)21-42-29(26)36)30(40)41-45(14,15)33(7,8)9/h16-20,24,26,29,35H,21H2,1-15H3. The first kappa shape index (κ1) is 38.1. The first-order chi connectivity index (χ1) is 20.2. The van der Waals surface area contributed by atoms with Crippen molar-refractivity contribution in [3.05, 3.63) is 46.6 Å². The predicted octanol–water partition coefficient (Wildman–Crippen LogP) is 8.44. The van der Waals surface area contributed by atoms with Crippen molar-refractivity contribution in [1.29, 1.82) is 0 Å². The van der Waals surface area contributed by atoms with Gasteiger partial charge in [-0.05, 0) is 33.8 Å². The van der Waals surface area contributed by atoms with Crippen LogP contribution in [0, 0.1) is 0 Å². The largest absolute Gasteiger partial charge is 0.515 e. The lowest BCUT2D eigenvalue weighted by atomic mass is 10.0. The van der Waals surface area contributed by atoms with Crippen LogP contribution in [-0.2, 0) is 18.8 Å². The lowest BCUT2D eigenvalue weighted by Gasteiger charge is -2.59. The van der Waals surface area contributed by atoms with E-state index < -0.39 is 48.2 Å². The van der Waals surface area contributed by atoms with E-state index in [1.807, 2.05) is 48.0 Å². The first-order valence-corrected chi connectivity index (χ1v) is 26.2. The van der Waals surface area contributed by atoms with Gasteiger partial charge in [-0.15, -0.1) is 11.8 Å². The van der Waals surface area contributed by atoms with Crippen molar-refractivity contribution >= 4 is 65.9 Å². The summed E-state index contributed by atoms with van der Waals surface area (Å²) in [5.41, 5.74) is 1.02. The van der Waals surface area contributed by atoms with Crippen molar-refractivity contribution in [3.8, 4) is 0 Å². The zero-order chi connectivity index (χ0) is 34.7. The molecule has 0 radical (unpaired) electrons. The predicted molar refractivity (Wildman–Crippen MR) is 197 cm³/mol. The monoisotopic (exact) mass is 709 g/mol. The number of amides is 2. The number of nitrogens with one attached hydrogen (secondary N) is 1. The molecule has 1 fully saturated rings. The number of β-lactam (4-membered cyclic amide) rings is 1. The van der Waals surface area contributed by atoms with E-state index in [0.717, 1.165) is 5.56 Å². The summed E-state index contributed by atoms with van der Waals surface area (Å²) >= 11 is 8.19. The number of halogens is 1. The molecule has 12 heteroatoms. The molecular formula is C33H56ClN3O4SSi3. The summed E-state index contributed by atoms with van der Waals surface area (Å²) in [5, 5.41) is -0.568. The fourth-order valence-electron chi connectivity index (χ4n) is 4.86. The maximum atomic E-state index is 15.2. The van der Waals surface area contributed by atoms with Crippen LogP contribution in [0.4, 0.5) is 0 Å². The quantitative estimate of drug-likeness (QED) is 0.216. The Hall–Kier alpha value is -1.38. The van der Waals surface area contributed by atoms with E-state index in [2.05, 4.69) is 93.5 Å². The number of carbonyl (C=O) groups excluding carboxylic acids is 3. The second-order valence-corrected chi connectivity index (χ2v) is 33.6. The molecule has 252 valence electrons. The zero-order valence-electron chi connectivity index (χ0n) is 30.1. The lowest BCUT2D eigenvalue weighted by Crippen LogP contribution is -2.77. The number of hydrogen-bond donors (Lipinski definition) is 1. The smallest absolute Gasteiger partial charge is 0.343 e. The topological polar surface area (TPSA) is 79.0 Å². The molecule has 1 aromatic rings. The van der Waals surface area contributed by atoms with Crippen molar-refractivity contribution in [2.24, 2.45) is 0 Å². The minimum atomic E-state index is -2.65. The van der Waals surface area contributed by atoms with Gasteiger partial charge in [0, 0.05) is 5.75 Å². The van der Waals surface area contributed by atoms with Crippen LogP contribution in [0.3, 0.4) is 0 Å². The number of fused-ring (bicyclic) bond motifs is 1. The normalized spacial score (nSPS) is 20.8. The molecule has 0 bridgehead atoms. The van der Waals surface area contributed by atoms with Gasteiger partial charge in [0.15, 0.2) is 8.24 Å². The lowest BCUT2D eigenvalue weighted by molar-refractivity contribution is -0.156. The highest BCUT2D eigenvalue weighted by molar-refractivity contribution is 8.00. The summed E-state index contributed by atoms with van der Waals surface area (Å²) in [5.74, 6) is -0.527. The summed E-state index contributed by atoms with van der Waals surface area (Å²) in [4.78, 5) is 48.6. The van der Waals surface area contributed by atoms with Crippen LogP contribution in [0.5, 0.6) is 0 Å². The first-order valence-electron chi connectivity index (χ1n) is 15.9. The van der Waals surface area contributed by atoms with E-state index >= 15 is 4.79 Å². The summed E-state index contributed by atoms with van der Waals surface area (Å²) in [6.45, 7) is 32.2. The van der Waals surface area contributed by atoms with Crippen LogP contribution in [0.2, 0.25) is 54.4 Å². The van der Waals surface area contributed by atoms with E-state index in [1.54, 1.807) is 0 Å². The number of nitrogens with zero attached hydrogens (tertiary/aromatic N) is 2. The average molecular weight is 711 g/mol. The molecule has 45 heavy (non-hydrogen) atoms. The third-order valence-electron chi connectivity index (χ3n) is 11.0. The summed E-state index contributed by atoms with van der Waals surface area (Å²) in [6.07, 6.45) is 0. The Kier molecular flexibility index (Phi) is 10.6. The SMILES string of the molecule is CC(C)(C)[Si](C)(C)NC(C(=O)N(C1C(=O)N2C(C(=O)O[Si](C)(C)C(C)(C)C)=C(Cl)CSC12)[Si](C)(C)C(C)(C)C)c1ccccc1.